The molecule has 1 aromatic heterocycles. The van der Waals surface area contributed by atoms with E-state index in [9.17, 15) is 0 Å². The summed E-state index contributed by atoms with van der Waals surface area (Å²) in [7, 11) is 0. The fourth-order valence-electron chi connectivity index (χ4n) is 3.09. The van der Waals surface area contributed by atoms with Crippen molar-refractivity contribution in [3.8, 4) is 0 Å². The molecule has 19 heavy (non-hydrogen) atoms. The van der Waals surface area contributed by atoms with Gasteiger partial charge in [0.2, 0.25) is 0 Å². The van der Waals surface area contributed by atoms with Crippen LogP contribution in [0.2, 0.25) is 0 Å². The van der Waals surface area contributed by atoms with Crippen molar-refractivity contribution in [2.45, 2.75) is 71.3 Å². The van der Waals surface area contributed by atoms with Crippen molar-refractivity contribution in [1.82, 2.24) is 9.55 Å². The Morgan fingerprint density at radius 1 is 1.32 bits per heavy atom. The van der Waals surface area contributed by atoms with E-state index in [0.717, 1.165) is 12.5 Å². The quantitative estimate of drug-likeness (QED) is 0.633. The van der Waals surface area contributed by atoms with Crippen molar-refractivity contribution in [2.24, 2.45) is 5.92 Å². The highest BCUT2D eigenvalue weighted by Crippen LogP contribution is 2.30. The van der Waals surface area contributed by atoms with Gasteiger partial charge in [-0.25, -0.2) is 4.98 Å². The number of allylic oxidation sites excluding steroid dienone is 2. The lowest BCUT2D eigenvalue weighted by molar-refractivity contribution is 0.352. The van der Waals surface area contributed by atoms with Gasteiger partial charge in [0.1, 0.15) is 0 Å². The highest BCUT2D eigenvalue weighted by Gasteiger charge is 2.14. The Morgan fingerprint density at radius 3 is 2.84 bits per heavy atom. The van der Waals surface area contributed by atoms with Gasteiger partial charge in [0.25, 0.3) is 0 Å². The maximum absolute atomic E-state index is 4.12. The van der Waals surface area contributed by atoms with Crippen molar-refractivity contribution in [3.63, 3.8) is 0 Å². The standard InChI is InChI=1S/C17H28N2/c1-2-3-7-17(10-12-19-13-11-18-15-19)14-16-8-5-4-6-9-16/h7,11,13,15-16H,2-6,8-10,12,14H2,1H3. The van der Waals surface area contributed by atoms with Gasteiger partial charge >= 0.3 is 0 Å². The summed E-state index contributed by atoms with van der Waals surface area (Å²) >= 11 is 0. The summed E-state index contributed by atoms with van der Waals surface area (Å²) in [5.74, 6) is 0.958. The average Bonchev–Trinajstić information content (AvgIpc) is 2.96. The molecule has 1 fully saturated rings. The van der Waals surface area contributed by atoms with E-state index >= 15 is 0 Å². The second-order valence-electron chi connectivity index (χ2n) is 5.91. The van der Waals surface area contributed by atoms with E-state index in [2.05, 4.69) is 28.7 Å². The first kappa shape index (κ1) is 14.4. The third-order valence-electron chi connectivity index (χ3n) is 4.25. The SMILES string of the molecule is CCCC=C(CCn1ccnc1)CC1CCCCC1. The van der Waals surface area contributed by atoms with Crippen molar-refractivity contribution in [1.29, 1.82) is 0 Å². The van der Waals surface area contributed by atoms with Gasteiger partial charge in [0.05, 0.1) is 6.33 Å². The first-order valence-corrected chi connectivity index (χ1v) is 8.02. The van der Waals surface area contributed by atoms with Gasteiger partial charge in [-0.2, -0.15) is 0 Å². The molecule has 2 rings (SSSR count). The molecule has 0 aliphatic heterocycles. The molecule has 0 aromatic carbocycles. The van der Waals surface area contributed by atoms with E-state index in [1.165, 1.54) is 57.8 Å². The van der Waals surface area contributed by atoms with Crippen LogP contribution in [0.3, 0.4) is 0 Å². The predicted molar refractivity (Wildman–Crippen MR) is 81.0 cm³/mol. The minimum absolute atomic E-state index is 0.958. The third-order valence-corrected chi connectivity index (χ3v) is 4.25. The number of imidazole rings is 1. The molecule has 0 unspecified atom stereocenters. The van der Waals surface area contributed by atoms with E-state index in [0.29, 0.717) is 0 Å². The monoisotopic (exact) mass is 260 g/mol. The van der Waals surface area contributed by atoms with Crippen LogP contribution in [-0.4, -0.2) is 9.55 Å². The zero-order chi connectivity index (χ0) is 13.3. The molecule has 0 saturated heterocycles. The fraction of sp³-hybridized carbons (Fsp3) is 0.706. The van der Waals surface area contributed by atoms with E-state index in [-0.39, 0.29) is 0 Å². The molecule has 106 valence electrons. The van der Waals surface area contributed by atoms with Gasteiger partial charge in [-0.05, 0) is 25.2 Å². The zero-order valence-corrected chi connectivity index (χ0v) is 12.4. The van der Waals surface area contributed by atoms with Crippen LogP contribution in [0.5, 0.6) is 0 Å². The van der Waals surface area contributed by atoms with Crippen molar-refractivity contribution < 1.29 is 0 Å². The van der Waals surface area contributed by atoms with Crippen LogP contribution in [0.15, 0.2) is 30.4 Å². The van der Waals surface area contributed by atoms with Crippen molar-refractivity contribution >= 4 is 0 Å². The van der Waals surface area contributed by atoms with E-state index in [4.69, 9.17) is 0 Å². The Kier molecular flexibility index (Phi) is 6.19. The van der Waals surface area contributed by atoms with Gasteiger partial charge in [-0.15, -0.1) is 0 Å². The number of hydrogen-bond acceptors (Lipinski definition) is 1. The summed E-state index contributed by atoms with van der Waals surface area (Å²) in [5, 5.41) is 0. The molecule has 2 nitrogen and oxygen atoms in total. The van der Waals surface area contributed by atoms with Gasteiger partial charge in [0, 0.05) is 18.9 Å². The van der Waals surface area contributed by atoms with Crippen molar-refractivity contribution in [2.75, 3.05) is 0 Å². The van der Waals surface area contributed by atoms with E-state index in [1.807, 2.05) is 12.5 Å². The lowest BCUT2D eigenvalue weighted by Crippen LogP contribution is -2.08. The summed E-state index contributed by atoms with van der Waals surface area (Å²) in [6.07, 6.45) is 20.7. The largest absolute Gasteiger partial charge is 0.337 e. The molecule has 0 amide bonds. The predicted octanol–water partition coefficient (Wildman–Crippen LogP) is 4.97. The highest BCUT2D eigenvalue weighted by molar-refractivity contribution is 5.03. The number of nitrogens with zero attached hydrogens (tertiary/aromatic N) is 2. The maximum atomic E-state index is 4.12. The lowest BCUT2D eigenvalue weighted by atomic mass is 9.84. The number of aromatic nitrogens is 2. The zero-order valence-electron chi connectivity index (χ0n) is 12.4. The minimum atomic E-state index is 0.958. The van der Waals surface area contributed by atoms with E-state index < -0.39 is 0 Å². The maximum Gasteiger partial charge on any atom is 0.0946 e. The molecular formula is C17H28N2. The van der Waals surface area contributed by atoms with Crippen LogP contribution in [0.4, 0.5) is 0 Å². The molecule has 0 spiro atoms. The minimum Gasteiger partial charge on any atom is -0.337 e. The Bertz CT molecular complexity index is 359. The second kappa shape index (κ2) is 8.19. The first-order valence-electron chi connectivity index (χ1n) is 8.02. The summed E-state index contributed by atoms with van der Waals surface area (Å²) in [6.45, 7) is 3.35. The molecule has 0 atom stereocenters. The Morgan fingerprint density at radius 2 is 2.16 bits per heavy atom. The molecule has 0 bridgehead atoms. The van der Waals surface area contributed by atoms with Crippen LogP contribution in [0, 0.1) is 5.92 Å². The Labute approximate surface area is 117 Å². The van der Waals surface area contributed by atoms with Gasteiger partial charge in [0.15, 0.2) is 0 Å². The van der Waals surface area contributed by atoms with Crippen LogP contribution >= 0.6 is 0 Å². The topological polar surface area (TPSA) is 17.8 Å². The molecule has 2 heteroatoms. The van der Waals surface area contributed by atoms with Gasteiger partial charge in [-0.3, -0.25) is 0 Å². The first-order chi connectivity index (χ1) is 9.38. The van der Waals surface area contributed by atoms with Crippen LogP contribution in [-0.2, 0) is 6.54 Å². The normalized spacial score (nSPS) is 17.8. The lowest BCUT2D eigenvalue weighted by Gasteiger charge is -2.23. The molecule has 1 heterocycles. The highest BCUT2D eigenvalue weighted by atomic mass is 15.0. The number of hydrogen-bond donors (Lipinski definition) is 0. The molecule has 1 aromatic rings. The van der Waals surface area contributed by atoms with Gasteiger partial charge < -0.3 is 4.57 Å². The van der Waals surface area contributed by atoms with E-state index in [1.54, 1.807) is 5.57 Å². The Balaban J connectivity index is 1.83. The molecule has 1 aliphatic rings. The van der Waals surface area contributed by atoms with Crippen LogP contribution in [0.25, 0.3) is 0 Å². The number of rotatable bonds is 7. The average molecular weight is 260 g/mol. The van der Waals surface area contributed by atoms with Crippen LogP contribution < -0.4 is 0 Å². The molecule has 1 aliphatic carbocycles. The third kappa shape index (κ3) is 5.22. The number of aryl methyl sites for hydroxylation is 1. The molecular weight excluding hydrogens is 232 g/mol. The molecule has 0 radical (unpaired) electrons. The van der Waals surface area contributed by atoms with Crippen molar-refractivity contribution in [3.05, 3.63) is 30.4 Å². The summed E-state index contributed by atoms with van der Waals surface area (Å²) in [6, 6.07) is 0. The summed E-state index contributed by atoms with van der Waals surface area (Å²) in [4.78, 5) is 4.12. The second-order valence-corrected chi connectivity index (χ2v) is 5.91. The Hall–Kier alpha value is -1.05. The molecule has 1 saturated carbocycles. The smallest absolute Gasteiger partial charge is 0.0946 e. The summed E-state index contributed by atoms with van der Waals surface area (Å²) in [5.41, 5.74) is 1.68. The van der Waals surface area contributed by atoms with Gasteiger partial charge in [-0.1, -0.05) is 57.1 Å². The van der Waals surface area contributed by atoms with Crippen LogP contribution in [0.1, 0.15) is 64.7 Å². The molecule has 0 N–H and O–H groups in total. The summed E-state index contributed by atoms with van der Waals surface area (Å²) < 4.78 is 2.20. The fourth-order valence-corrected chi connectivity index (χ4v) is 3.09. The number of unbranched alkanes of at least 4 members (excludes halogenated alkanes) is 1.